The number of hydrogen-bond acceptors (Lipinski definition) is 3. The zero-order valence-electron chi connectivity index (χ0n) is 17.5. The second-order valence-electron chi connectivity index (χ2n) is 7.21. The van der Waals surface area contributed by atoms with Crippen molar-refractivity contribution < 1.29 is 14.3 Å². The van der Waals surface area contributed by atoms with Crippen LogP contribution in [-0.2, 0) is 11.2 Å². The van der Waals surface area contributed by atoms with Crippen LogP contribution in [0.15, 0.2) is 53.1 Å². The van der Waals surface area contributed by atoms with Gasteiger partial charge in [0.2, 0.25) is 0 Å². The highest BCUT2D eigenvalue weighted by Gasteiger charge is 2.29. The quantitative estimate of drug-likeness (QED) is 0.275. The molecule has 0 saturated carbocycles. The molecule has 4 heteroatoms. The fourth-order valence-electron chi connectivity index (χ4n) is 3.48. The lowest BCUT2D eigenvalue weighted by Gasteiger charge is -2.26. The summed E-state index contributed by atoms with van der Waals surface area (Å²) in [5.74, 6) is 2.01. The number of hydrogen-bond donors (Lipinski definition) is 0. The van der Waals surface area contributed by atoms with Crippen LogP contribution in [0.4, 0.5) is 0 Å². The molecule has 0 N–H and O–H groups in total. The molecule has 0 saturated heterocycles. The standard InChI is InChI=1S/C24H31BrO3/c1-6-16(3)17(4)22(9-8-12-25)21(7-2)24(26)19-13-18-14-20(27-5)10-11-23(18)28-15-19/h7-11,14,16,19H,6,12-13,15H2,1-5H3/b9-8-,21-7+,22-17-. The van der Waals surface area contributed by atoms with Crippen molar-refractivity contribution >= 4 is 21.7 Å². The molecule has 0 radical (unpaired) electrons. The second kappa shape index (κ2) is 10.7. The van der Waals surface area contributed by atoms with Crippen LogP contribution in [0.5, 0.6) is 11.5 Å². The lowest BCUT2D eigenvalue weighted by molar-refractivity contribution is -0.120. The van der Waals surface area contributed by atoms with Gasteiger partial charge in [-0.25, -0.2) is 0 Å². The first kappa shape index (κ1) is 22.5. The Balaban J connectivity index is 2.34. The van der Waals surface area contributed by atoms with E-state index in [9.17, 15) is 4.79 Å². The van der Waals surface area contributed by atoms with Crippen molar-refractivity contribution in [2.24, 2.45) is 11.8 Å². The van der Waals surface area contributed by atoms with Gasteiger partial charge in [0.1, 0.15) is 11.5 Å². The van der Waals surface area contributed by atoms with Crippen LogP contribution in [0.2, 0.25) is 0 Å². The molecule has 1 aliphatic heterocycles. The SMILES string of the molecule is C\C=C(C(=O)C1COc2ccc(OC)cc2C1)/C(/C=C\CBr)=C(/C)C(C)CC. The summed E-state index contributed by atoms with van der Waals surface area (Å²) in [6.07, 6.45) is 7.78. The van der Waals surface area contributed by atoms with E-state index in [1.54, 1.807) is 7.11 Å². The van der Waals surface area contributed by atoms with E-state index < -0.39 is 0 Å². The van der Waals surface area contributed by atoms with E-state index in [4.69, 9.17) is 9.47 Å². The number of alkyl halides is 1. The number of fused-ring (bicyclic) bond motifs is 1. The van der Waals surface area contributed by atoms with Gasteiger partial charge in [0, 0.05) is 10.9 Å². The Morgan fingerprint density at radius 3 is 2.79 bits per heavy atom. The van der Waals surface area contributed by atoms with Gasteiger partial charge >= 0.3 is 0 Å². The average molecular weight is 447 g/mol. The van der Waals surface area contributed by atoms with Crippen molar-refractivity contribution in [3.63, 3.8) is 0 Å². The summed E-state index contributed by atoms with van der Waals surface area (Å²) in [6.45, 7) is 8.88. The number of ether oxygens (including phenoxy) is 2. The number of ketones is 1. The van der Waals surface area contributed by atoms with Crippen molar-refractivity contribution in [2.75, 3.05) is 19.0 Å². The van der Waals surface area contributed by atoms with Crippen LogP contribution in [0.3, 0.4) is 0 Å². The smallest absolute Gasteiger partial charge is 0.169 e. The molecule has 3 nitrogen and oxygen atoms in total. The molecule has 0 spiro atoms. The molecular formula is C24H31BrO3. The maximum absolute atomic E-state index is 13.5. The predicted octanol–water partition coefficient (Wildman–Crippen LogP) is 6.08. The fourth-order valence-corrected chi connectivity index (χ4v) is 3.67. The predicted molar refractivity (Wildman–Crippen MR) is 120 cm³/mol. The van der Waals surface area contributed by atoms with Gasteiger partial charge in [-0.1, -0.05) is 53.6 Å². The minimum Gasteiger partial charge on any atom is -0.497 e. The van der Waals surface area contributed by atoms with Crippen molar-refractivity contribution in [3.8, 4) is 11.5 Å². The van der Waals surface area contributed by atoms with E-state index in [0.717, 1.165) is 40.0 Å². The maximum atomic E-state index is 13.5. The van der Waals surface area contributed by atoms with Gasteiger partial charge in [0.05, 0.1) is 19.6 Å². The van der Waals surface area contributed by atoms with Crippen LogP contribution in [0, 0.1) is 11.8 Å². The first-order chi connectivity index (χ1) is 13.5. The van der Waals surface area contributed by atoms with Crippen LogP contribution in [-0.4, -0.2) is 24.8 Å². The molecule has 2 unspecified atom stereocenters. The van der Waals surface area contributed by atoms with Gasteiger partial charge in [-0.15, -0.1) is 0 Å². The Bertz CT molecular complexity index is 789. The van der Waals surface area contributed by atoms with Crippen LogP contribution >= 0.6 is 15.9 Å². The molecule has 1 aromatic rings. The Morgan fingerprint density at radius 1 is 1.43 bits per heavy atom. The van der Waals surface area contributed by atoms with Crippen LogP contribution in [0.1, 0.15) is 39.7 Å². The van der Waals surface area contributed by atoms with Crippen LogP contribution < -0.4 is 9.47 Å². The zero-order valence-corrected chi connectivity index (χ0v) is 19.1. The highest BCUT2D eigenvalue weighted by molar-refractivity contribution is 9.09. The second-order valence-corrected chi connectivity index (χ2v) is 7.86. The van der Waals surface area contributed by atoms with Gasteiger partial charge < -0.3 is 9.47 Å². The number of Topliss-reactive ketones (excluding diaryl/α,β-unsaturated/α-hetero) is 1. The van der Waals surface area contributed by atoms with Crippen molar-refractivity contribution in [1.29, 1.82) is 0 Å². The third kappa shape index (κ3) is 5.16. The normalized spacial score (nSPS) is 18.9. The van der Waals surface area contributed by atoms with Gasteiger partial charge in [-0.2, -0.15) is 0 Å². The molecule has 1 aliphatic rings. The molecule has 0 bridgehead atoms. The summed E-state index contributed by atoms with van der Waals surface area (Å²) in [5.41, 5.74) is 4.10. The minimum absolute atomic E-state index is 0.146. The Labute approximate surface area is 177 Å². The van der Waals surface area contributed by atoms with Gasteiger partial charge in [0.15, 0.2) is 5.78 Å². The molecule has 0 aromatic heterocycles. The van der Waals surface area contributed by atoms with Crippen molar-refractivity contribution in [1.82, 2.24) is 0 Å². The molecule has 28 heavy (non-hydrogen) atoms. The number of halogens is 1. The molecule has 0 amide bonds. The van der Waals surface area contributed by atoms with Gasteiger partial charge in [-0.3, -0.25) is 4.79 Å². The minimum atomic E-state index is -0.192. The number of rotatable bonds is 8. The van der Waals surface area contributed by atoms with E-state index in [0.29, 0.717) is 18.9 Å². The van der Waals surface area contributed by atoms with E-state index in [2.05, 4.69) is 48.9 Å². The third-order valence-electron chi connectivity index (χ3n) is 5.54. The average Bonchev–Trinajstić information content (AvgIpc) is 2.74. The maximum Gasteiger partial charge on any atom is 0.169 e. The highest BCUT2D eigenvalue weighted by Crippen LogP contribution is 2.34. The highest BCUT2D eigenvalue weighted by atomic mass is 79.9. The summed E-state index contributed by atoms with van der Waals surface area (Å²) in [5, 5.41) is 0.759. The Morgan fingerprint density at radius 2 is 2.18 bits per heavy atom. The van der Waals surface area contributed by atoms with Crippen molar-refractivity contribution in [3.05, 3.63) is 58.7 Å². The first-order valence-electron chi connectivity index (χ1n) is 9.90. The summed E-state index contributed by atoms with van der Waals surface area (Å²) >= 11 is 3.45. The zero-order chi connectivity index (χ0) is 20.7. The van der Waals surface area contributed by atoms with Gasteiger partial charge in [0.25, 0.3) is 0 Å². The number of benzene rings is 1. The molecular weight excluding hydrogens is 416 g/mol. The molecule has 0 aliphatic carbocycles. The molecule has 2 rings (SSSR count). The summed E-state index contributed by atoms with van der Waals surface area (Å²) in [6, 6.07) is 5.78. The Kier molecular flexibility index (Phi) is 8.56. The van der Waals surface area contributed by atoms with E-state index in [-0.39, 0.29) is 11.7 Å². The number of methoxy groups -OCH3 is 1. The molecule has 1 heterocycles. The lowest BCUT2D eigenvalue weighted by atomic mass is 9.83. The van der Waals surface area contributed by atoms with Crippen LogP contribution in [0.25, 0.3) is 0 Å². The molecule has 1 aromatic carbocycles. The van der Waals surface area contributed by atoms with E-state index >= 15 is 0 Å². The first-order valence-corrected chi connectivity index (χ1v) is 11.0. The summed E-state index contributed by atoms with van der Waals surface area (Å²) in [7, 11) is 1.65. The fraction of sp³-hybridized carbons (Fsp3) is 0.458. The van der Waals surface area contributed by atoms with E-state index in [1.165, 1.54) is 5.57 Å². The number of allylic oxidation sites excluding steroid dienone is 6. The third-order valence-corrected chi connectivity index (χ3v) is 5.91. The molecule has 0 fully saturated rings. The largest absolute Gasteiger partial charge is 0.497 e. The summed E-state index contributed by atoms with van der Waals surface area (Å²) in [4.78, 5) is 13.5. The summed E-state index contributed by atoms with van der Waals surface area (Å²) < 4.78 is 11.2. The molecule has 2 atom stereocenters. The van der Waals surface area contributed by atoms with Gasteiger partial charge in [-0.05, 0) is 61.9 Å². The lowest BCUT2D eigenvalue weighted by Crippen LogP contribution is -2.30. The van der Waals surface area contributed by atoms with E-state index in [1.807, 2.05) is 31.2 Å². The molecule has 152 valence electrons. The number of carbonyl (C=O) groups is 1. The van der Waals surface area contributed by atoms with Crippen molar-refractivity contribution in [2.45, 2.75) is 40.5 Å². The number of carbonyl (C=O) groups excluding carboxylic acids is 1. The Hall–Kier alpha value is -1.81. The monoisotopic (exact) mass is 446 g/mol. The topological polar surface area (TPSA) is 35.5 Å².